The number of halogens is 2. The van der Waals surface area contributed by atoms with E-state index in [4.69, 9.17) is 0 Å². The molecule has 158 valence electrons. The first-order valence-corrected chi connectivity index (χ1v) is 10.7. The Morgan fingerprint density at radius 2 is 1.93 bits per heavy atom. The van der Waals surface area contributed by atoms with Crippen LogP contribution in [0.25, 0.3) is 16.7 Å². The number of piperidine rings is 1. The lowest BCUT2D eigenvalue weighted by Crippen LogP contribution is -2.39. The predicted octanol–water partition coefficient (Wildman–Crippen LogP) is 3.63. The minimum atomic E-state index is -3.90. The van der Waals surface area contributed by atoms with Crippen LogP contribution in [-0.4, -0.2) is 40.3 Å². The van der Waals surface area contributed by atoms with Crippen molar-refractivity contribution in [1.29, 1.82) is 0 Å². The molecule has 11 heteroatoms. The van der Waals surface area contributed by atoms with Crippen LogP contribution in [0.4, 0.5) is 14.5 Å². The molecule has 0 spiro atoms. The number of sulfonamides is 1. The van der Waals surface area contributed by atoms with E-state index in [0.29, 0.717) is 13.1 Å². The Kier molecular flexibility index (Phi) is 5.02. The standard InChI is InChI=1S/C19H18F2N4O4S/c1-12-3-2-6-23(10-12)30(28,29)13-4-5-17(19(7-13)25(26)27)24-11-22-16-8-14(20)15(21)9-18(16)24/h4-5,7-9,11-12H,2-3,6,10H2,1H3/t12-/m0/s1. The predicted molar refractivity (Wildman–Crippen MR) is 105 cm³/mol. The molecule has 0 N–H and O–H groups in total. The van der Waals surface area contributed by atoms with Crippen LogP contribution in [0.2, 0.25) is 0 Å². The number of aromatic nitrogens is 2. The summed E-state index contributed by atoms with van der Waals surface area (Å²) in [6.07, 6.45) is 2.85. The van der Waals surface area contributed by atoms with Gasteiger partial charge >= 0.3 is 0 Å². The third-order valence-corrected chi connectivity index (χ3v) is 7.11. The van der Waals surface area contributed by atoms with Crippen LogP contribution >= 0.6 is 0 Å². The maximum absolute atomic E-state index is 13.7. The van der Waals surface area contributed by atoms with Crippen LogP contribution in [0.5, 0.6) is 0 Å². The van der Waals surface area contributed by atoms with E-state index in [1.54, 1.807) is 0 Å². The molecule has 0 amide bonds. The molecule has 2 heterocycles. The van der Waals surface area contributed by atoms with Gasteiger partial charge in [0.2, 0.25) is 10.0 Å². The van der Waals surface area contributed by atoms with Crippen LogP contribution in [0.3, 0.4) is 0 Å². The topological polar surface area (TPSA) is 98.3 Å². The number of imidazole rings is 1. The number of benzene rings is 2. The maximum atomic E-state index is 13.7. The molecule has 8 nitrogen and oxygen atoms in total. The summed E-state index contributed by atoms with van der Waals surface area (Å²) in [5.41, 5.74) is -0.246. The highest BCUT2D eigenvalue weighted by molar-refractivity contribution is 7.89. The van der Waals surface area contributed by atoms with Crippen LogP contribution in [0.15, 0.2) is 41.6 Å². The van der Waals surface area contributed by atoms with Crippen LogP contribution in [0, 0.1) is 27.7 Å². The molecule has 0 bridgehead atoms. The molecule has 30 heavy (non-hydrogen) atoms. The van der Waals surface area contributed by atoms with E-state index in [-0.39, 0.29) is 27.5 Å². The van der Waals surface area contributed by atoms with Crippen LogP contribution in [0.1, 0.15) is 19.8 Å². The van der Waals surface area contributed by atoms with Crippen molar-refractivity contribution in [2.75, 3.05) is 13.1 Å². The average Bonchev–Trinajstić information content (AvgIpc) is 3.10. The highest BCUT2D eigenvalue weighted by Gasteiger charge is 2.31. The van der Waals surface area contributed by atoms with E-state index in [2.05, 4.69) is 4.98 Å². The zero-order valence-electron chi connectivity index (χ0n) is 16.0. The summed E-state index contributed by atoms with van der Waals surface area (Å²) in [6.45, 7) is 2.67. The molecule has 0 saturated carbocycles. The third-order valence-electron chi connectivity index (χ3n) is 5.25. The normalized spacial score (nSPS) is 18.0. The first-order valence-electron chi connectivity index (χ1n) is 9.29. The molecule has 1 aliphatic heterocycles. The lowest BCUT2D eigenvalue weighted by atomic mass is 10.0. The van der Waals surface area contributed by atoms with Gasteiger partial charge in [-0.15, -0.1) is 0 Å². The molecule has 0 unspecified atom stereocenters. The fraction of sp³-hybridized carbons (Fsp3) is 0.316. The van der Waals surface area contributed by atoms with Gasteiger partial charge in [0.25, 0.3) is 5.69 Å². The van der Waals surface area contributed by atoms with Gasteiger partial charge in [0.15, 0.2) is 11.6 Å². The minimum Gasteiger partial charge on any atom is -0.292 e. The highest BCUT2D eigenvalue weighted by Crippen LogP contribution is 2.32. The van der Waals surface area contributed by atoms with Gasteiger partial charge in [-0.1, -0.05) is 6.92 Å². The number of nitro groups is 1. The average molecular weight is 436 g/mol. The lowest BCUT2D eigenvalue weighted by molar-refractivity contribution is -0.384. The summed E-state index contributed by atoms with van der Waals surface area (Å²) in [4.78, 5) is 14.8. The van der Waals surface area contributed by atoms with E-state index >= 15 is 0 Å². The summed E-state index contributed by atoms with van der Waals surface area (Å²) in [5, 5.41) is 11.7. The molecular weight excluding hydrogens is 418 g/mol. The molecule has 1 aromatic heterocycles. The summed E-state index contributed by atoms with van der Waals surface area (Å²) < 4.78 is 55.7. The van der Waals surface area contributed by atoms with Gasteiger partial charge in [0.1, 0.15) is 12.0 Å². The van der Waals surface area contributed by atoms with Gasteiger partial charge in [0.05, 0.1) is 20.9 Å². The molecule has 4 rings (SSSR count). The van der Waals surface area contributed by atoms with E-state index < -0.39 is 32.3 Å². The molecule has 1 atom stereocenters. The Morgan fingerprint density at radius 3 is 2.63 bits per heavy atom. The van der Waals surface area contributed by atoms with Crippen LogP contribution in [-0.2, 0) is 10.0 Å². The number of rotatable bonds is 4. The summed E-state index contributed by atoms with van der Waals surface area (Å²) in [5.74, 6) is -2.00. The second kappa shape index (κ2) is 7.40. The second-order valence-electron chi connectivity index (χ2n) is 7.39. The Hall–Kier alpha value is -2.92. The summed E-state index contributed by atoms with van der Waals surface area (Å²) >= 11 is 0. The summed E-state index contributed by atoms with van der Waals surface area (Å²) in [7, 11) is -3.90. The van der Waals surface area contributed by atoms with Gasteiger partial charge in [-0.25, -0.2) is 22.2 Å². The Bertz CT molecular complexity index is 1260. The van der Waals surface area contributed by atoms with Crippen molar-refractivity contribution in [3.63, 3.8) is 0 Å². The first-order chi connectivity index (χ1) is 14.2. The van der Waals surface area contributed by atoms with E-state index in [1.165, 1.54) is 27.3 Å². The first kappa shape index (κ1) is 20.4. The van der Waals surface area contributed by atoms with Crippen molar-refractivity contribution in [2.45, 2.75) is 24.7 Å². The molecule has 1 fully saturated rings. The number of fused-ring (bicyclic) bond motifs is 1. The molecule has 0 aliphatic carbocycles. The molecular formula is C19H18F2N4O4S. The highest BCUT2D eigenvalue weighted by atomic mass is 32.2. The van der Waals surface area contributed by atoms with Gasteiger partial charge < -0.3 is 0 Å². The fourth-order valence-corrected chi connectivity index (χ4v) is 5.34. The number of hydrogen-bond acceptors (Lipinski definition) is 5. The molecule has 0 radical (unpaired) electrons. The van der Waals surface area contributed by atoms with E-state index in [9.17, 15) is 27.3 Å². The van der Waals surface area contributed by atoms with E-state index in [1.807, 2.05) is 6.92 Å². The third kappa shape index (κ3) is 3.43. The summed E-state index contributed by atoms with van der Waals surface area (Å²) in [6, 6.07) is 5.34. The van der Waals surface area contributed by atoms with Crippen molar-refractivity contribution < 1.29 is 22.1 Å². The lowest BCUT2D eigenvalue weighted by Gasteiger charge is -2.30. The molecule has 3 aromatic rings. The molecule has 1 aliphatic rings. The smallest absolute Gasteiger partial charge is 0.292 e. The fourth-order valence-electron chi connectivity index (χ4n) is 3.72. The van der Waals surface area contributed by atoms with E-state index in [0.717, 1.165) is 31.0 Å². The van der Waals surface area contributed by atoms with Gasteiger partial charge in [-0.2, -0.15) is 4.31 Å². The molecule has 1 saturated heterocycles. The van der Waals surface area contributed by atoms with Crippen LogP contribution < -0.4 is 0 Å². The number of hydrogen-bond donors (Lipinski definition) is 0. The number of nitrogens with zero attached hydrogens (tertiary/aromatic N) is 4. The van der Waals surface area contributed by atoms with Crippen molar-refractivity contribution in [3.05, 3.63) is 58.4 Å². The van der Waals surface area contributed by atoms with Crippen molar-refractivity contribution in [1.82, 2.24) is 13.9 Å². The quantitative estimate of drug-likeness (QED) is 0.459. The maximum Gasteiger partial charge on any atom is 0.294 e. The van der Waals surface area contributed by atoms with Crippen molar-refractivity contribution >= 4 is 26.7 Å². The largest absolute Gasteiger partial charge is 0.294 e. The minimum absolute atomic E-state index is 0.000490. The Morgan fingerprint density at radius 1 is 1.20 bits per heavy atom. The van der Waals surface area contributed by atoms with Gasteiger partial charge in [-0.3, -0.25) is 14.7 Å². The van der Waals surface area contributed by atoms with Gasteiger partial charge in [-0.05, 0) is 30.9 Å². The molecule has 2 aromatic carbocycles. The Labute approximate surface area is 170 Å². The zero-order valence-corrected chi connectivity index (χ0v) is 16.8. The monoisotopic (exact) mass is 436 g/mol. The SMILES string of the molecule is C[C@H]1CCCN(S(=O)(=O)c2ccc(-n3cnc4cc(F)c(F)cc43)c([N+](=O)[O-])c2)C1. The van der Waals surface area contributed by atoms with Crippen molar-refractivity contribution in [3.8, 4) is 5.69 Å². The Balaban J connectivity index is 1.82. The van der Waals surface area contributed by atoms with Gasteiger partial charge in [0, 0.05) is 31.3 Å². The van der Waals surface area contributed by atoms with Crippen molar-refractivity contribution in [2.24, 2.45) is 5.92 Å². The number of nitro benzene ring substituents is 1. The zero-order chi connectivity index (χ0) is 21.6. The second-order valence-corrected chi connectivity index (χ2v) is 9.33.